The smallest absolute Gasteiger partial charge is 0.315 e. The van der Waals surface area contributed by atoms with Crippen LogP contribution in [0.15, 0.2) is 36.4 Å². The number of rotatable bonds is 3. The van der Waals surface area contributed by atoms with Crippen molar-refractivity contribution in [3.8, 4) is 11.3 Å². The van der Waals surface area contributed by atoms with E-state index in [1.54, 1.807) is 0 Å². The number of nitrogens with zero attached hydrogens (tertiary/aromatic N) is 3. The number of benzene rings is 2. The number of aromatic nitrogens is 2. The number of amides is 2. The lowest BCUT2D eigenvalue weighted by molar-refractivity contribution is 0.189. The van der Waals surface area contributed by atoms with Gasteiger partial charge in [-0.05, 0) is 67.6 Å². The molecule has 36 heavy (non-hydrogen) atoms. The summed E-state index contributed by atoms with van der Waals surface area (Å²) >= 11 is 6.43. The molecule has 1 saturated carbocycles. The minimum Gasteiger partial charge on any atom is -0.369 e. The first-order valence-electron chi connectivity index (χ1n) is 12.7. The van der Waals surface area contributed by atoms with Gasteiger partial charge in [-0.2, -0.15) is 0 Å². The van der Waals surface area contributed by atoms with Gasteiger partial charge < -0.3 is 21.3 Å². The number of fused-ring (bicyclic) bond motifs is 2. The number of carbonyl (C=O) groups is 1. The molecule has 1 aliphatic carbocycles. The van der Waals surface area contributed by atoms with E-state index >= 15 is 0 Å². The lowest BCUT2D eigenvalue weighted by Crippen LogP contribution is -2.45. The lowest BCUT2D eigenvalue weighted by Gasteiger charge is -2.35. The maximum absolute atomic E-state index is 14.7. The molecule has 3 aliphatic rings. The summed E-state index contributed by atoms with van der Waals surface area (Å²) in [4.78, 5) is 14.4. The summed E-state index contributed by atoms with van der Waals surface area (Å²) in [7, 11) is 0. The van der Waals surface area contributed by atoms with Gasteiger partial charge in [-0.1, -0.05) is 17.7 Å². The molecule has 1 aromatic heterocycles. The van der Waals surface area contributed by atoms with Crippen LogP contribution in [0.25, 0.3) is 22.2 Å². The van der Waals surface area contributed by atoms with Crippen LogP contribution >= 0.6 is 11.6 Å². The third kappa shape index (κ3) is 4.26. The van der Waals surface area contributed by atoms with E-state index in [0.29, 0.717) is 17.9 Å². The standard InChI is InChI=1S/C27H30ClFN6O/c1-14-8-16(10-17(28)9-14)24-26(35-6-4-19(30)5-7-35)21-11-15(2-3-22(21)33-34-24)20-12-18(29)13-23-25(20)32-27(36)31-23/h2-3,8-11,18-20,23,25H,4-7,12-13,30H2,1H3,(H2,31,32,36). The van der Waals surface area contributed by atoms with Crippen molar-refractivity contribution in [3.05, 3.63) is 52.5 Å². The van der Waals surface area contributed by atoms with E-state index in [4.69, 9.17) is 17.3 Å². The van der Waals surface area contributed by atoms with Gasteiger partial charge in [0.2, 0.25) is 0 Å². The Labute approximate surface area is 214 Å². The van der Waals surface area contributed by atoms with Gasteiger partial charge in [0.25, 0.3) is 0 Å². The zero-order valence-electron chi connectivity index (χ0n) is 20.2. The van der Waals surface area contributed by atoms with E-state index in [2.05, 4.69) is 37.9 Å². The second-order valence-corrected chi connectivity index (χ2v) is 10.9. The number of nitrogens with one attached hydrogen (secondary N) is 2. The first-order chi connectivity index (χ1) is 17.4. The molecule has 3 fully saturated rings. The average Bonchev–Trinajstić information content (AvgIpc) is 3.22. The minimum atomic E-state index is -0.962. The highest BCUT2D eigenvalue weighted by atomic mass is 35.5. The van der Waals surface area contributed by atoms with Gasteiger partial charge in [0.15, 0.2) is 0 Å². The van der Waals surface area contributed by atoms with Crippen molar-refractivity contribution < 1.29 is 9.18 Å². The molecule has 9 heteroatoms. The highest BCUT2D eigenvalue weighted by molar-refractivity contribution is 6.31. The maximum Gasteiger partial charge on any atom is 0.315 e. The second-order valence-electron chi connectivity index (χ2n) is 10.4. The fraction of sp³-hybridized carbons (Fsp3) is 0.444. The van der Waals surface area contributed by atoms with E-state index in [1.165, 1.54) is 0 Å². The molecule has 2 saturated heterocycles. The molecule has 7 nitrogen and oxygen atoms in total. The van der Waals surface area contributed by atoms with Crippen LogP contribution in [0.2, 0.25) is 5.02 Å². The van der Waals surface area contributed by atoms with E-state index in [0.717, 1.165) is 64.9 Å². The van der Waals surface area contributed by atoms with E-state index in [1.807, 2.05) is 31.2 Å². The van der Waals surface area contributed by atoms with Crippen molar-refractivity contribution in [1.29, 1.82) is 0 Å². The third-order valence-electron chi connectivity index (χ3n) is 7.86. The largest absolute Gasteiger partial charge is 0.369 e. The molecule has 188 valence electrons. The SMILES string of the molecule is Cc1cc(Cl)cc(-c2nnc3ccc(C4CC(F)CC5NC(=O)NC54)cc3c2N2CCC(N)CC2)c1. The predicted octanol–water partition coefficient (Wildman–Crippen LogP) is 4.45. The summed E-state index contributed by atoms with van der Waals surface area (Å²) in [5.74, 6) is -0.130. The first kappa shape index (κ1) is 23.4. The fourth-order valence-corrected chi connectivity index (χ4v) is 6.42. The van der Waals surface area contributed by atoms with Gasteiger partial charge >= 0.3 is 6.03 Å². The van der Waals surface area contributed by atoms with Crippen LogP contribution in [0.5, 0.6) is 0 Å². The van der Waals surface area contributed by atoms with Gasteiger partial charge in [-0.15, -0.1) is 10.2 Å². The van der Waals surface area contributed by atoms with Crippen LogP contribution in [-0.2, 0) is 0 Å². The van der Waals surface area contributed by atoms with E-state index in [-0.39, 0.29) is 30.1 Å². The summed E-state index contributed by atoms with van der Waals surface area (Å²) in [5.41, 5.74) is 11.8. The van der Waals surface area contributed by atoms with Crippen LogP contribution in [-0.4, -0.2) is 53.6 Å². The van der Waals surface area contributed by atoms with Crippen LogP contribution < -0.4 is 21.3 Å². The van der Waals surface area contributed by atoms with Crippen molar-refractivity contribution in [2.75, 3.05) is 18.0 Å². The number of carbonyl (C=O) groups excluding carboxylic acids is 1. The van der Waals surface area contributed by atoms with Gasteiger partial charge in [-0.25, -0.2) is 9.18 Å². The second kappa shape index (κ2) is 9.16. The van der Waals surface area contributed by atoms with Gasteiger partial charge in [0.1, 0.15) is 11.9 Å². The molecule has 4 atom stereocenters. The molecule has 2 aliphatic heterocycles. The van der Waals surface area contributed by atoms with Crippen molar-refractivity contribution in [2.24, 2.45) is 5.73 Å². The molecular formula is C27H30ClFN6O. The maximum atomic E-state index is 14.7. The number of urea groups is 1. The number of nitrogens with two attached hydrogens (primary N) is 1. The summed E-state index contributed by atoms with van der Waals surface area (Å²) in [5, 5.41) is 16.8. The number of halogens is 2. The Bertz CT molecular complexity index is 1310. The van der Waals surface area contributed by atoms with Gasteiger partial charge in [-0.3, -0.25) is 0 Å². The van der Waals surface area contributed by atoms with Crippen molar-refractivity contribution in [2.45, 2.75) is 62.8 Å². The van der Waals surface area contributed by atoms with Crippen LogP contribution in [0.3, 0.4) is 0 Å². The van der Waals surface area contributed by atoms with E-state index in [9.17, 15) is 9.18 Å². The van der Waals surface area contributed by atoms with Gasteiger partial charge in [0, 0.05) is 47.4 Å². The van der Waals surface area contributed by atoms with Crippen molar-refractivity contribution in [1.82, 2.24) is 20.8 Å². The quantitative estimate of drug-likeness (QED) is 0.485. The van der Waals surface area contributed by atoms with Crippen molar-refractivity contribution >= 4 is 34.2 Å². The fourth-order valence-electron chi connectivity index (χ4n) is 6.13. The first-order valence-corrected chi connectivity index (χ1v) is 13.0. The monoisotopic (exact) mass is 508 g/mol. The number of piperidine rings is 1. The number of alkyl halides is 1. The number of anilines is 1. The normalized spacial score (nSPS) is 26.6. The average molecular weight is 509 g/mol. The Kier molecular flexibility index (Phi) is 5.96. The molecule has 3 heterocycles. The highest BCUT2D eigenvalue weighted by Gasteiger charge is 2.44. The van der Waals surface area contributed by atoms with Crippen LogP contribution in [0.1, 0.15) is 42.7 Å². The van der Waals surface area contributed by atoms with Crippen molar-refractivity contribution in [3.63, 3.8) is 0 Å². The highest BCUT2D eigenvalue weighted by Crippen LogP contribution is 2.41. The molecule has 2 aromatic carbocycles. The molecule has 0 bridgehead atoms. The zero-order chi connectivity index (χ0) is 25.0. The minimum absolute atomic E-state index is 0.130. The lowest BCUT2D eigenvalue weighted by atomic mass is 9.77. The Morgan fingerprint density at radius 3 is 2.67 bits per heavy atom. The molecule has 0 spiro atoms. The van der Waals surface area contributed by atoms with Crippen LogP contribution in [0.4, 0.5) is 14.9 Å². The molecule has 4 unspecified atom stereocenters. The summed E-state index contributed by atoms with van der Waals surface area (Å²) in [6.45, 7) is 3.65. The summed E-state index contributed by atoms with van der Waals surface area (Å²) in [6.07, 6.45) is 1.55. The summed E-state index contributed by atoms with van der Waals surface area (Å²) < 4.78 is 14.7. The summed E-state index contributed by atoms with van der Waals surface area (Å²) in [6, 6.07) is 11.6. The van der Waals surface area contributed by atoms with E-state index < -0.39 is 6.17 Å². The molecule has 6 rings (SSSR count). The molecule has 0 radical (unpaired) electrons. The molecule has 4 N–H and O–H groups in total. The Balaban J connectivity index is 1.51. The molecule has 2 amide bonds. The molecule has 3 aromatic rings. The number of hydrogen-bond donors (Lipinski definition) is 3. The topological polar surface area (TPSA) is 96.2 Å². The van der Waals surface area contributed by atoms with Gasteiger partial charge in [0.05, 0.1) is 23.3 Å². The Morgan fingerprint density at radius 1 is 1.08 bits per heavy atom. The Hall–Kier alpha value is -2.97. The predicted molar refractivity (Wildman–Crippen MR) is 140 cm³/mol. The molecular weight excluding hydrogens is 479 g/mol. The Morgan fingerprint density at radius 2 is 1.89 bits per heavy atom. The number of hydrogen-bond acceptors (Lipinski definition) is 5. The van der Waals surface area contributed by atoms with Crippen LogP contribution in [0, 0.1) is 6.92 Å². The zero-order valence-corrected chi connectivity index (χ0v) is 20.9. The number of aryl methyl sites for hydroxylation is 1. The third-order valence-corrected chi connectivity index (χ3v) is 8.08.